The minimum atomic E-state index is 0.334. The summed E-state index contributed by atoms with van der Waals surface area (Å²) in [5.41, 5.74) is 3.49. The number of hydrogen-bond donors (Lipinski definition) is 0. The predicted octanol–water partition coefficient (Wildman–Crippen LogP) is 3.18. The van der Waals surface area contributed by atoms with Crippen LogP contribution >= 0.6 is 0 Å². The van der Waals surface area contributed by atoms with Crippen molar-refractivity contribution in [1.29, 1.82) is 0 Å². The van der Waals surface area contributed by atoms with Crippen molar-refractivity contribution in [3.05, 3.63) is 35.4 Å². The molecule has 2 aliphatic rings. The molecule has 1 atom stereocenters. The summed E-state index contributed by atoms with van der Waals surface area (Å²) in [5.74, 6) is 0. The molecule has 0 N–H and O–H groups in total. The second-order valence-corrected chi connectivity index (χ2v) is 6.12. The summed E-state index contributed by atoms with van der Waals surface area (Å²) < 4.78 is 0. The first-order valence-corrected chi connectivity index (χ1v) is 7.17. The van der Waals surface area contributed by atoms with E-state index in [1.165, 1.54) is 25.7 Å². The first kappa shape index (κ1) is 12.2. The maximum absolute atomic E-state index is 2.73. The van der Waals surface area contributed by atoms with Crippen molar-refractivity contribution in [2.45, 2.75) is 50.9 Å². The summed E-state index contributed by atoms with van der Waals surface area (Å²) in [5, 5.41) is 0. The van der Waals surface area contributed by atoms with Crippen LogP contribution in [0.5, 0.6) is 0 Å². The fraction of sp³-hybridized carbons (Fsp3) is 0.625. The topological polar surface area (TPSA) is 6.48 Å². The fourth-order valence-corrected chi connectivity index (χ4v) is 3.89. The average Bonchev–Trinajstić information content (AvgIpc) is 2.97. The molecule has 3 rings (SSSR count). The van der Waals surface area contributed by atoms with Gasteiger partial charge in [0.05, 0.1) is 6.17 Å². The van der Waals surface area contributed by atoms with Crippen LogP contribution in [0, 0.1) is 0 Å². The van der Waals surface area contributed by atoms with Gasteiger partial charge < -0.3 is 0 Å². The van der Waals surface area contributed by atoms with E-state index in [1.54, 1.807) is 11.1 Å². The van der Waals surface area contributed by atoms with Gasteiger partial charge in [0.15, 0.2) is 0 Å². The molecule has 0 saturated heterocycles. The highest BCUT2D eigenvalue weighted by Gasteiger charge is 2.48. The van der Waals surface area contributed by atoms with Gasteiger partial charge in [-0.15, -0.1) is 0 Å². The van der Waals surface area contributed by atoms with Gasteiger partial charge in [0.25, 0.3) is 0 Å². The van der Waals surface area contributed by atoms with Crippen LogP contribution in [0.25, 0.3) is 0 Å². The van der Waals surface area contributed by atoms with Gasteiger partial charge in [-0.25, -0.2) is 0 Å². The van der Waals surface area contributed by atoms with E-state index in [0.29, 0.717) is 11.7 Å². The zero-order chi connectivity index (χ0) is 12.8. The molecule has 1 aliphatic heterocycles. The number of hydrogen-bond acceptors (Lipinski definition) is 2. The zero-order valence-corrected chi connectivity index (χ0v) is 11.8. The monoisotopic (exact) mass is 244 g/mol. The van der Waals surface area contributed by atoms with Crippen LogP contribution in [-0.4, -0.2) is 30.1 Å². The molecular weight excluding hydrogens is 220 g/mol. The van der Waals surface area contributed by atoms with E-state index < -0.39 is 0 Å². The molecule has 1 fully saturated rings. The Labute approximate surface area is 111 Å². The highest BCUT2D eigenvalue weighted by molar-refractivity contribution is 5.39. The molecule has 0 aromatic heterocycles. The minimum absolute atomic E-state index is 0.334. The van der Waals surface area contributed by atoms with Crippen LogP contribution < -0.4 is 0 Å². The van der Waals surface area contributed by atoms with Crippen LogP contribution in [0.2, 0.25) is 0 Å². The van der Waals surface area contributed by atoms with Gasteiger partial charge in [0, 0.05) is 12.1 Å². The lowest BCUT2D eigenvalue weighted by Gasteiger charge is -2.42. The SMILES string of the molecule is CC(N(C)C)N1Cc2ccccc2C12CCCC2. The largest absolute Gasteiger partial charge is 0.294 e. The zero-order valence-electron chi connectivity index (χ0n) is 11.8. The second-order valence-electron chi connectivity index (χ2n) is 6.12. The Bertz CT molecular complexity index is 432. The molecule has 1 aliphatic carbocycles. The Kier molecular flexibility index (Phi) is 2.95. The molecule has 1 unspecified atom stereocenters. The third kappa shape index (κ3) is 1.63. The molecule has 2 nitrogen and oxygen atoms in total. The van der Waals surface area contributed by atoms with Gasteiger partial charge >= 0.3 is 0 Å². The molecule has 0 radical (unpaired) electrons. The Morgan fingerprint density at radius 2 is 1.83 bits per heavy atom. The van der Waals surface area contributed by atoms with Gasteiger partial charge in [-0.2, -0.15) is 0 Å². The molecule has 98 valence electrons. The predicted molar refractivity (Wildman–Crippen MR) is 75.3 cm³/mol. The Hall–Kier alpha value is -0.860. The van der Waals surface area contributed by atoms with E-state index in [4.69, 9.17) is 0 Å². The molecule has 1 spiro atoms. The number of benzene rings is 1. The van der Waals surface area contributed by atoms with E-state index in [-0.39, 0.29) is 0 Å². The normalized spacial score (nSPS) is 23.8. The van der Waals surface area contributed by atoms with Crippen molar-refractivity contribution in [1.82, 2.24) is 9.80 Å². The van der Waals surface area contributed by atoms with Crippen molar-refractivity contribution >= 4 is 0 Å². The molecule has 2 heteroatoms. The fourth-order valence-electron chi connectivity index (χ4n) is 3.89. The third-order valence-corrected chi connectivity index (χ3v) is 5.04. The maximum Gasteiger partial charge on any atom is 0.0599 e. The first-order chi connectivity index (χ1) is 8.65. The van der Waals surface area contributed by atoms with Gasteiger partial charge in [-0.1, -0.05) is 37.1 Å². The maximum atomic E-state index is 2.73. The summed E-state index contributed by atoms with van der Waals surface area (Å²) in [6.45, 7) is 3.46. The quantitative estimate of drug-likeness (QED) is 0.788. The summed E-state index contributed by atoms with van der Waals surface area (Å²) in [7, 11) is 4.38. The van der Waals surface area contributed by atoms with E-state index in [0.717, 1.165) is 6.54 Å². The number of fused-ring (bicyclic) bond motifs is 2. The summed E-state index contributed by atoms with van der Waals surface area (Å²) in [4.78, 5) is 5.07. The number of nitrogens with zero attached hydrogens (tertiary/aromatic N) is 2. The van der Waals surface area contributed by atoms with Gasteiger partial charge in [-0.05, 0) is 45.0 Å². The van der Waals surface area contributed by atoms with Crippen molar-refractivity contribution in [2.75, 3.05) is 14.1 Å². The number of rotatable bonds is 2. The van der Waals surface area contributed by atoms with Crippen LogP contribution in [0.1, 0.15) is 43.7 Å². The Morgan fingerprint density at radius 1 is 1.17 bits per heavy atom. The Morgan fingerprint density at radius 3 is 2.50 bits per heavy atom. The lowest BCUT2D eigenvalue weighted by molar-refractivity contribution is -0.00163. The smallest absolute Gasteiger partial charge is 0.0599 e. The molecular formula is C16H24N2. The van der Waals surface area contributed by atoms with Gasteiger partial charge in [0.1, 0.15) is 0 Å². The van der Waals surface area contributed by atoms with Crippen LogP contribution in [0.4, 0.5) is 0 Å². The molecule has 0 amide bonds. The molecule has 1 heterocycles. The summed E-state index contributed by atoms with van der Waals surface area (Å²) >= 11 is 0. The standard InChI is InChI=1S/C16H24N2/c1-13(17(2)3)18-12-14-8-4-5-9-15(14)16(18)10-6-7-11-16/h4-5,8-9,13H,6-7,10-12H2,1-3H3. The van der Waals surface area contributed by atoms with Crippen LogP contribution in [0.3, 0.4) is 0 Å². The van der Waals surface area contributed by atoms with E-state index in [2.05, 4.69) is 55.1 Å². The first-order valence-electron chi connectivity index (χ1n) is 7.17. The molecule has 1 aromatic rings. The highest BCUT2D eigenvalue weighted by atomic mass is 15.4. The summed E-state index contributed by atoms with van der Waals surface area (Å²) in [6.07, 6.45) is 5.94. The lowest BCUT2D eigenvalue weighted by atomic mass is 9.87. The molecule has 1 aromatic carbocycles. The van der Waals surface area contributed by atoms with Crippen molar-refractivity contribution < 1.29 is 0 Å². The van der Waals surface area contributed by atoms with Crippen molar-refractivity contribution in [3.63, 3.8) is 0 Å². The molecule has 1 saturated carbocycles. The van der Waals surface area contributed by atoms with Crippen LogP contribution in [0.15, 0.2) is 24.3 Å². The highest BCUT2D eigenvalue weighted by Crippen LogP contribution is 2.50. The van der Waals surface area contributed by atoms with Crippen LogP contribution in [-0.2, 0) is 12.1 Å². The van der Waals surface area contributed by atoms with Crippen molar-refractivity contribution in [3.8, 4) is 0 Å². The molecule has 0 bridgehead atoms. The second kappa shape index (κ2) is 4.36. The average molecular weight is 244 g/mol. The van der Waals surface area contributed by atoms with E-state index >= 15 is 0 Å². The summed E-state index contributed by atoms with van der Waals surface area (Å²) in [6, 6.07) is 9.08. The van der Waals surface area contributed by atoms with E-state index in [9.17, 15) is 0 Å². The van der Waals surface area contributed by atoms with E-state index in [1.807, 2.05) is 0 Å². The minimum Gasteiger partial charge on any atom is -0.294 e. The van der Waals surface area contributed by atoms with Crippen molar-refractivity contribution in [2.24, 2.45) is 0 Å². The van der Waals surface area contributed by atoms with Gasteiger partial charge in [-0.3, -0.25) is 9.80 Å². The van der Waals surface area contributed by atoms with Gasteiger partial charge in [0.2, 0.25) is 0 Å². The molecule has 18 heavy (non-hydrogen) atoms. The lowest BCUT2D eigenvalue weighted by Crippen LogP contribution is -2.49. The third-order valence-electron chi connectivity index (χ3n) is 5.04. The Balaban J connectivity index is 2.03.